The Morgan fingerprint density at radius 3 is 2.88 bits per heavy atom. The molecule has 2 aliphatic rings. The molecular formula is C17H15Cl2N3O3. The maximum absolute atomic E-state index is 11.9. The summed E-state index contributed by atoms with van der Waals surface area (Å²) in [7, 11) is 0. The lowest BCUT2D eigenvalue weighted by Gasteiger charge is -2.28. The number of halogens is 2. The fraction of sp³-hybridized carbons (Fsp3) is 0.353. The predicted molar refractivity (Wildman–Crippen MR) is 93.4 cm³/mol. The van der Waals surface area contributed by atoms with Gasteiger partial charge in [0.15, 0.2) is 0 Å². The molecule has 8 heteroatoms. The highest BCUT2D eigenvalue weighted by Crippen LogP contribution is 2.47. The van der Waals surface area contributed by atoms with Gasteiger partial charge in [-0.15, -0.1) is 10.2 Å². The monoisotopic (exact) mass is 379 g/mol. The Labute approximate surface area is 154 Å². The van der Waals surface area contributed by atoms with Crippen LogP contribution in [-0.4, -0.2) is 45.8 Å². The van der Waals surface area contributed by atoms with Crippen molar-refractivity contribution in [2.75, 3.05) is 19.7 Å². The molecule has 4 rings (SSSR count). The quantitative estimate of drug-likeness (QED) is 0.867. The normalized spacial score (nSPS) is 16.2. The molecule has 0 radical (unpaired) electrons. The van der Waals surface area contributed by atoms with Crippen LogP contribution < -0.4 is 0 Å². The van der Waals surface area contributed by atoms with Gasteiger partial charge in [-0.05, 0) is 35.6 Å². The van der Waals surface area contributed by atoms with Crippen molar-refractivity contribution >= 4 is 34.7 Å². The lowest BCUT2D eigenvalue weighted by atomic mass is 9.96. The first-order chi connectivity index (χ1) is 12.0. The molecule has 0 fully saturated rings. The molecule has 1 aliphatic carbocycles. The molecule has 0 saturated carbocycles. The van der Waals surface area contributed by atoms with Gasteiger partial charge in [-0.2, -0.15) is 0 Å². The number of rotatable bonds is 2. The molecule has 0 spiro atoms. The van der Waals surface area contributed by atoms with Gasteiger partial charge in [-0.25, -0.2) is 0 Å². The average molecular weight is 380 g/mol. The third-order valence-corrected chi connectivity index (χ3v) is 5.54. The van der Waals surface area contributed by atoms with E-state index in [4.69, 9.17) is 32.7 Å². The maximum Gasteiger partial charge on any atom is 0.248 e. The van der Waals surface area contributed by atoms with Crippen molar-refractivity contribution in [2.24, 2.45) is 0 Å². The zero-order valence-corrected chi connectivity index (χ0v) is 15.0. The molecule has 6 nitrogen and oxygen atoms in total. The third-order valence-electron chi connectivity index (χ3n) is 4.71. The van der Waals surface area contributed by atoms with Crippen LogP contribution in [0.15, 0.2) is 16.1 Å². The summed E-state index contributed by atoms with van der Waals surface area (Å²) in [4.78, 5) is 13.6. The smallest absolute Gasteiger partial charge is 0.248 e. The van der Waals surface area contributed by atoms with Crippen molar-refractivity contribution in [1.82, 2.24) is 15.1 Å². The molecular weight excluding hydrogens is 365 g/mol. The lowest BCUT2D eigenvalue weighted by Crippen LogP contribution is -2.37. The minimum atomic E-state index is -0.493. The molecule has 2 aromatic rings. The van der Waals surface area contributed by atoms with E-state index in [-0.39, 0.29) is 5.91 Å². The van der Waals surface area contributed by atoms with Gasteiger partial charge in [-0.1, -0.05) is 28.8 Å². The van der Waals surface area contributed by atoms with Crippen molar-refractivity contribution in [3.8, 4) is 11.5 Å². The highest BCUT2D eigenvalue weighted by Gasteiger charge is 2.34. The van der Waals surface area contributed by atoms with E-state index in [1.807, 2.05) is 0 Å². The summed E-state index contributed by atoms with van der Waals surface area (Å²) in [5.74, 6) is 0.560. The number of nitrogens with zero attached hydrogens (tertiary/aromatic N) is 3. The van der Waals surface area contributed by atoms with Crippen molar-refractivity contribution in [3.63, 3.8) is 0 Å². The SMILES string of the molecule is Cc1nnc(-c2cc(Cl)c(Cl)c3c2C2=C(CCN(C(=O)CO)C2)C3)o1. The number of fused-ring (bicyclic) bond motifs is 2. The zero-order chi connectivity index (χ0) is 17.7. The molecule has 0 saturated heterocycles. The highest BCUT2D eigenvalue weighted by molar-refractivity contribution is 6.43. The average Bonchev–Trinajstić information content (AvgIpc) is 3.20. The van der Waals surface area contributed by atoms with Crippen LogP contribution in [0.4, 0.5) is 0 Å². The molecule has 0 atom stereocenters. The van der Waals surface area contributed by atoms with Crippen LogP contribution in [0.3, 0.4) is 0 Å². The van der Waals surface area contributed by atoms with Gasteiger partial charge in [0.25, 0.3) is 0 Å². The van der Waals surface area contributed by atoms with E-state index in [1.165, 1.54) is 5.57 Å². The van der Waals surface area contributed by atoms with E-state index in [0.29, 0.717) is 41.3 Å². The maximum atomic E-state index is 11.9. The number of aliphatic hydroxyl groups is 1. The molecule has 1 aromatic heterocycles. The molecule has 130 valence electrons. The first kappa shape index (κ1) is 16.6. The van der Waals surface area contributed by atoms with Crippen molar-refractivity contribution in [1.29, 1.82) is 0 Å². The Morgan fingerprint density at radius 1 is 1.40 bits per heavy atom. The molecule has 25 heavy (non-hydrogen) atoms. The summed E-state index contributed by atoms with van der Waals surface area (Å²) >= 11 is 12.8. The number of amides is 1. The molecule has 2 heterocycles. The minimum absolute atomic E-state index is 0.282. The Kier molecular flexibility index (Phi) is 4.06. The number of carbonyl (C=O) groups excluding carboxylic acids is 1. The van der Waals surface area contributed by atoms with Crippen molar-refractivity contribution in [3.05, 3.63) is 38.7 Å². The predicted octanol–water partition coefficient (Wildman–Crippen LogP) is 2.89. The number of carbonyl (C=O) groups is 1. The summed E-state index contributed by atoms with van der Waals surface area (Å²) < 4.78 is 5.60. The zero-order valence-electron chi connectivity index (χ0n) is 13.5. The largest absolute Gasteiger partial charge is 0.421 e. The summed E-state index contributed by atoms with van der Waals surface area (Å²) in [6.45, 7) is 2.25. The molecule has 0 bridgehead atoms. The summed E-state index contributed by atoms with van der Waals surface area (Å²) in [6.07, 6.45) is 1.44. The van der Waals surface area contributed by atoms with Crippen LogP contribution in [0, 0.1) is 6.92 Å². The van der Waals surface area contributed by atoms with E-state index in [0.717, 1.165) is 28.7 Å². The Balaban J connectivity index is 1.86. The molecule has 1 N–H and O–H groups in total. The topological polar surface area (TPSA) is 79.5 Å². The van der Waals surface area contributed by atoms with E-state index in [1.54, 1.807) is 17.9 Å². The summed E-state index contributed by atoms with van der Waals surface area (Å²) in [5, 5.41) is 18.1. The van der Waals surface area contributed by atoms with Crippen LogP contribution in [0.5, 0.6) is 0 Å². The van der Waals surface area contributed by atoms with Crippen LogP contribution in [0.2, 0.25) is 10.0 Å². The number of aromatic nitrogens is 2. The highest BCUT2D eigenvalue weighted by atomic mass is 35.5. The van der Waals surface area contributed by atoms with Crippen LogP contribution >= 0.6 is 23.2 Å². The van der Waals surface area contributed by atoms with Crippen LogP contribution in [-0.2, 0) is 11.2 Å². The van der Waals surface area contributed by atoms with E-state index < -0.39 is 6.61 Å². The number of aryl methyl sites for hydroxylation is 1. The lowest BCUT2D eigenvalue weighted by molar-refractivity contribution is -0.133. The second-order valence-electron chi connectivity index (χ2n) is 6.18. The summed E-state index contributed by atoms with van der Waals surface area (Å²) in [6, 6.07) is 1.73. The van der Waals surface area contributed by atoms with Gasteiger partial charge in [-0.3, -0.25) is 4.79 Å². The molecule has 1 amide bonds. The minimum Gasteiger partial charge on any atom is -0.421 e. The third kappa shape index (κ3) is 2.65. The fourth-order valence-electron chi connectivity index (χ4n) is 3.54. The number of aliphatic hydroxyl groups excluding tert-OH is 1. The van der Waals surface area contributed by atoms with Crippen LogP contribution in [0.25, 0.3) is 17.0 Å². The first-order valence-corrected chi connectivity index (χ1v) is 8.66. The van der Waals surface area contributed by atoms with Gasteiger partial charge >= 0.3 is 0 Å². The molecule has 1 aliphatic heterocycles. The second-order valence-corrected chi connectivity index (χ2v) is 6.97. The van der Waals surface area contributed by atoms with E-state index in [2.05, 4.69) is 10.2 Å². The first-order valence-electron chi connectivity index (χ1n) is 7.90. The number of hydrogen-bond acceptors (Lipinski definition) is 5. The Morgan fingerprint density at radius 2 is 2.20 bits per heavy atom. The van der Waals surface area contributed by atoms with Crippen molar-refractivity contribution < 1.29 is 14.3 Å². The van der Waals surface area contributed by atoms with Gasteiger partial charge < -0.3 is 14.4 Å². The standard InChI is InChI=1S/C17H15Cl2N3O3/c1-8-20-21-17(25-8)11-5-13(18)16(19)10-4-9-2-3-22(14(24)7-23)6-12(9)15(10)11/h5,23H,2-4,6-7H2,1H3. The van der Waals surface area contributed by atoms with Gasteiger partial charge in [0, 0.05) is 25.6 Å². The van der Waals surface area contributed by atoms with Crippen molar-refractivity contribution in [2.45, 2.75) is 19.8 Å². The molecule has 0 unspecified atom stereocenters. The number of benzene rings is 1. The van der Waals surface area contributed by atoms with E-state index >= 15 is 0 Å². The van der Waals surface area contributed by atoms with Crippen LogP contribution in [0.1, 0.15) is 23.4 Å². The molecule has 1 aromatic carbocycles. The second kappa shape index (κ2) is 6.12. The van der Waals surface area contributed by atoms with E-state index in [9.17, 15) is 4.79 Å². The Bertz CT molecular complexity index is 920. The fourth-order valence-corrected chi connectivity index (χ4v) is 3.98. The number of hydrogen-bond donors (Lipinski definition) is 1. The van der Waals surface area contributed by atoms with Gasteiger partial charge in [0.2, 0.25) is 17.7 Å². The Hall–Kier alpha value is -1.89. The van der Waals surface area contributed by atoms with Gasteiger partial charge in [0.05, 0.1) is 10.0 Å². The summed E-state index contributed by atoms with van der Waals surface area (Å²) in [5.41, 5.74) is 4.85. The van der Waals surface area contributed by atoms with Gasteiger partial charge in [0.1, 0.15) is 6.61 Å².